The van der Waals surface area contributed by atoms with Crippen LogP contribution >= 0.6 is 0 Å². The topological polar surface area (TPSA) is 74.5 Å². The van der Waals surface area contributed by atoms with Gasteiger partial charge in [0.2, 0.25) is 11.7 Å². The second-order valence-electron chi connectivity index (χ2n) is 4.05. The van der Waals surface area contributed by atoms with Crippen molar-refractivity contribution in [2.45, 2.75) is 19.4 Å². The summed E-state index contributed by atoms with van der Waals surface area (Å²) in [6.07, 6.45) is -0.456. The summed E-state index contributed by atoms with van der Waals surface area (Å²) >= 11 is 0. The van der Waals surface area contributed by atoms with E-state index in [1.54, 1.807) is 14.0 Å². The predicted molar refractivity (Wildman–Crippen MR) is 69.9 cm³/mol. The molecule has 0 spiro atoms. The Morgan fingerprint density at radius 2 is 2.10 bits per heavy atom. The van der Waals surface area contributed by atoms with Crippen molar-refractivity contribution in [1.29, 1.82) is 0 Å². The number of rotatable bonds is 6. The number of carbonyl (C=O) groups is 1. The highest BCUT2D eigenvalue weighted by Gasteiger charge is 2.21. The van der Waals surface area contributed by atoms with Gasteiger partial charge in [0.1, 0.15) is 12.5 Å². The smallest absolute Gasteiger partial charge is 0.315 e. The molecule has 0 aliphatic carbocycles. The van der Waals surface area contributed by atoms with E-state index in [1.807, 2.05) is 30.3 Å². The number of hydrogen-bond acceptors (Lipinski definition) is 6. The van der Waals surface area contributed by atoms with Crippen LogP contribution in [0, 0.1) is 0 Å². The number of methoxy groups -OCH3 is 1. The highest BCUT2D eigenvalue weighted by atomic mass is 16.5. The quantitative estimate of drug-likeness (QED) is 0.750. The lowest BCUT2D eigenvalue weighted by molar-refractivity contribution is -0.142. The first-order valence-electron chi connectivity index (χ1n) is 6.30. The molecule has 0 aliphatic heterocycles. The van der Waals surface area contributed by atoms with Crippen LogP contribution in [0.2, 0.25) is 0 Å². The molecule has 0 bridgehead atoms. The Morgan fingerprint density at radius 3 is 2.75 bits per heavy atom. The normalized spacial score (nSPS) is 12.1. The van der Waals surface area contributed by atoms with E-state index in [2.05, 4.69) is 10.1 Å². The monoisotopic (exact) mass is 276 g/mol. The minimum absolute atomic E-state index is 0.0357. The van der Waals surface area contributed by atoms with Crippen molar-refractivity contribution < 1.29 is 18.8 Å². The van der Waals surface area contributed by atoms with Crippen molar-refractivity contribution in [2.75, 3.05) is 13.7 Å². The molecule has 20 heavy (non-hydrogen) atoms. The summed E-state index contributed by atoms with van der Waals surface area (Å²) in [7, 11) is 1.57. The molecule has 6 heteroatoms. The maximum Gasteiger partial charge on any atom is 0.315 e. The van der Waals surface area contributed by atoms with E-state index in [4.69, 9.17) is 14.0 Å². The molecule has 0 N–H and O–H groups in total. The van der Waals surface area contributed by atoms with Gasteiger partial charge in [0.15, 0.2) is 0 Å². The molecule has 1 unspecified atom stereocenters. The van der Waals surface area contributed by atoms with Crippen LogP contribution in [0.4, 0.5) is 0 Å². The summed E-state index contributed by atoms with van der Waals surface area (Å²) in [6, 6.07) is 9.55. The lowest BCUT2D eigenvalue weighted by Crippen LogP contribution is -2.09. The standard InChI is InChI=1S/C14H16N2O4/c1-3-19-12(17)9-11-15-14(16-20-11)13(18-2)10-7-5-4-6-8-10/h4-8,13H,3,9H2,1-2H3. The average molecular weight is 276 g/mol. The second-order valence-corrected chi connectivity index (χ2v) is 4.05. The van der Waals surface area contributed by atoms with Gasteiger partial charge in [-0.2, -0.15) is 4.98 Å². The summed E-state index contributed by atoms with van der Waals surface area (Å²) in [6.45, 7) is 2.07. The zero-order chi connectivity index (χ0) is 14.4. The molecule has 6 nitrogen and oxygen atoms in total. The lowest BCUT2D eigenvalue weighted by atomic mass is 10.1. The number of carbonyl (C=O) groups excluding carboxylic acids is 1. The maximum atomic E-state index is 11.3. The molecule has 1 aromatic heterocycles. The number of hydrogen-bond donors (Lipinski definition) is 0. The summed E-state index contributed by atoms with van der Waals surface area (Å²) in [4.78, 5) is 15.5. The first-order chi connectivity index (χ1) is 9.74. The Kier molecular flexibility index (Phi) is 4.84. The van der Waals surface area contributed by atoms with Gasteiger partial charge in [-0.15, -0.1) is 0 Å². The third-order valence-corrected chi connectivity index (χ3v) is 2.66. The summed E-state index contributed by atoms with van der Waals surface area (Å²) in [5, 5.41) is 3.86. The van der Waals surface area contributed by atoms with Crippen LogP contribution in [0.1, 0.15) is 30.3 Å². The molecule has 2 rings (SSSR count). The van der Waals surface area contributed by atoms with Gasteiger partial charge in [-0.1, -0.05) is 35.5 Å². The van der Waals surface area contributed by atoms with Crippen molar-refractivity contribution in [3.8, 4) is 0 Å². The largest absolute Gasteiger partial charge is 0.466 e. The van der Waals surface area contributed by atoms with Gasteiger partial charge in [0, 0.05) is 7.11 Å². The fourth-order valence-electron chi connectivity index (χ4n) is 1.80. The van der Waals surface area contributed by atoms with Crippen LogP contribution < -0.4 is 0 Å². The molecule has 0 aliphatic rings. The van der Waals surface area contributed by atoms with E-state index in [0.717, 1.165) is 5.56 Å². The number of esters is 1. The molecular formula is C14H16N2O4. The van der Waals surface area contributed by atoms with Gasteiger partial charge in [-0.25, -0.2) is 0 Å². The molecule has 0 radical (unpaired) electrons. The Morgan fingerprint density at radius 1 is 1.35 bits per heavy atom. The van der Waals surface area contributed by atoms with Gasteiger partial charge in [0.25, 0.3) is 0 Å². The first kappa shape index (κ1) is 14.2. The van der Waals surface area contributed by atoms with Crippen LogP contribution in [0.15, 0.2) is 34.9 Å². The van der Waals surface area contributed by atoms with E-state index in [0.29, 0.717) is 12.4 Å². The predicted octanol–water partition coefficient (Wildman–Crippen LogP) is 1.91. The number of benzene rings is 1. The zero-order valence-corrected chi connectivity index (χ0v) is 11.4. The third kappa shape index (κ3) is 3.42. The summed E-state index contributed by atoms with van der Waals surface area (Å²) in [5.41, 5.74) is 0.915. The van der Waals surface area contributed by atoms with Crippen LogP contribution in [-0.2, 0) is 20.7 Å². The Bertz CT molecular complexity index is 553. The van der Waals surface area contributed by atoms with Crippen molar-refractivity contribution in [2.24, 2.45) is 0 Å². The van der Waals surface area contributed by atoms with Gasteiger partial charge >= 0.3 is 5.97 Å². The van der Waals surface area contributed by atoms with Crippen LogP contribution in [0.3, 0.4) is 0 Å². The van der Waals surface area contributed by atoms with Crippen LogP contribution in [0.5, 0.6) is 0 Å². The molecule has 0 saturated heterocycles. The second kappa shape index (κ2) is 6.81. The van der Waals surface area contributed by atoms with E-state index in [-0.39, 0.29) is 12.3 Å². The minimum atomic E-state index is -0.420. The highest BCUT2D eigenvalue weighted by molar-refractivity contribution is 5.71. The van der Waals surface area contributed by atoms with E-state index < -0.39 is 12.1 Å². The zero-order valence-electron chi connectivity index (χ0n) is 11.4. The van der Waals surface area contributed by atoms with Gasteiger partial charge in [0.05, 0.1) is 6.61 Å². The molecular weight excluding hydrogens is 260 g/mol. The van der Waals surface area contributed by atoms with Crippen LogP contribution in [0.25, 0.3) is 0 Å². The fourth-order valence-corrected chi connectivity index (χ4v) is 1.80. The lowest BCUT2D eigenvalue weighted by Gasteiger charge is -2.10. The first-order valence-corrected chi connectivity index (χ1v) is 6.30. The Labute approximate surface area is 116 Å². The summed E-state index contributed by atoms with van der Waals surface area (Å²) in [5.74, 6) is 0.214. The van der Waals surface area contributed by atoms with Gasteiger partial charge < -0.3 is 14.0 Å². The van der Waals surface area contributed by atoms with E-state index in [1.165, 1.54) is 0 Å². The number of nitrogens with zero attached hydrogens (tertiary/aromatic N) is 2. The number of aromatic nitrogens is 2. The molecule has 1 heterocycles. The van der Waals surface area contributed by atoms with Gasteiger partial charge in [-0.05, 0) is 12.5 Å². The SMILES string of the molecule is CCOC(=O)Cc1nc(C(OC)c2ccccc2)no1. The third-order valence-electron chi connectivity index (χ3n) is 2.66. The van der Waals surface area contributed by atoms with E-state index in [9.17, 15) is 4.79 Å². The molecule has 0 saturated carbocycles. The van der Waals surface area contributed by atoms with Crippen molar-refractivity contribution in [3.63, 3.8) is 0 Å². The molecule has 2 aromatic rings. The fraction of sp³-hybridized carbons (Fsp3) is 0.357. The molecule has 106 valence electrons. The minimum Gasteiger partial charge on any atom is -0.466 e. The van der Waals surface area contributed by atoms with E-state index >= 15 is 0 Å². The van der Waals surface area contributed by atoms with Gasteiger partial charge in [-0.3, -0.25) is 4.79 Å². The highest BCUT2D eigenvalue weighted by Crippen LogP contribution is 2.22. The van der Waals surface area contributed by atoms with Crippen LogP contribution in [-0.4, -0.2) is 29.8 Å². The van der Waals surface area contributed by atoms with Crippen molar-refractivity contribution >= 4 is 5.97 Å². The average Bonchev–Trinajstić information content (AvgIpc) is 2.89. The molecule has 1 aromatic carbocycles. The Balaban J connectivity index is 2.12. The molecule has 1 atom stereocenters. The number of ether oxygens (including phenoxy) is 2. The van der Waals surface area contributed by atoms with Crippen molar-refractivity contribution in [1.82, 2.24) is 10.1 Å². The van der Waals surface area contributed by atoms with Crippen molar-refractivity contribution in [3.05, 3.63) is 47.6 Å². The molecule has 0 amide bonds. The molecule has 0 fully saturated rings. The maximum absolute atomic E-state index is 11.3. The Hall–Kier alpha value is -2.21. The summed E-state index contributed by atoms with van der Waals surface area (Å²) < 4.78 is 15.3.